The summed E-state index contributed by atoms with van der Waals surface area (Å²) in [5.74, 6) is -2.23. The Morgan fingerprint density at radius 1 is 1.15 bits per heavy atom. The van der Waals surface area contributed by atoms with E-state index in [4.69, 9.17) is 0 Å². The van der Waals surface area contributed by atoms with Crippen LogP contribution in [0.1, 0.15) is 73.6 Å². The standard InChI is InChI=1S/C28H41NO5/c1-15(2)7-24-25-19(6)17(4)10-22-9-16(3)8-20(14-30)12-23(32)13-21(11-18(5)31)26(33)28(22,25)27(34)29-24/h9-10,15,19-22,24-25,30H,7-8,11-14H2,1-6H3,(H,29,34)/b16-9+/t19-,20+,21-,22+,24+,25+,28+/m1/s1. The number of aliphatic hydroxyl groups is 1. The maximum absolute atomic E-state index is 14.5. The largest absolute Gasteiger partial charge is 0.396 e. The van der Waals surface area contributed by atoms with E-state index in [0.717, 1.165) is 17.6 Å². The molecule has 2 N–H and O–H groups in total. The normalized spacial score (nSPS) is 38.3. The van der Waals surface area contributed by atoms with Gasteiger partial charge in [-0.05, 0) is 51.4 Å². The van der Waals surface area contributed by atoms with E-state index in [1.54, 1.807) is 0 Å². The fraction of sp³-hybridized carbons (Fsp3) is 0.714. The van der Waals surface area contributed by atoms with Crippen molar-refractivity contribution in [3.8, 4) is 0 Å². The van der Waals surface area contributed by atoms with Crippen LogP contribution in [0.4, 0.5) is 0 Å². The fourth-order valence-corrected chi connectivity index (χ4v) is 6.80. The summed E-state index contributed by atoms with van der Waals surface area (Å²) in [6, 6.07) is -0.143. The second-order valence-corrected chi connectivity index (χ2v) is 11.5. The van der Waals surface area contributed by atoms with E-state index in [-0.39, 0.29) is 72.9 Å². The lowest BCUT2D eigenvalue weighted by Crippen LogP contribution is -2.54. The minimum absolute atomic E-state index is 0.0144. The van der Waals surface area contributed by atoms with Gasteiger partial charge in [0.05, 0.1) is 0 Å². The topological polar surface area (TPSA) is 101 Å². The number of allylic oxidation sites excluding steroid dienone is 4. The number of carbonyl (C=O) groups excluding carboxylic acids is 4. The number of hydrogen-bond donors (Lipinski definition) is 2. The van der Waals surface area contributed by atoms with E-state index in [2.05, 4.69) is 39.1 Å². The quantitative estimate of drug-likeness (QED) is 0.469. The predicted octanol–water partition coefficient (Wildman–Crippen LogP) is 3.82. The lowest BCUT2D eigenvalue weighted by atomic mass is 9.53. The molecule has 3 rings (SSSR count). The van der Waals surface area contributed by atoms with Crippen molar-refractivity contribution in [1.82, 2.24) is 5.32 Å². The molecule has 0 saturated carbocycles. The second-order valence-electron chi connectivity index (χ2n) is 11.5. The molecule has 34 heavy (non-hydrogen) atoms. The summed E-state index contributed by atoms with van der Waals surface area (Å²) in [6.45, 7) is 11.6. The van der Waals surface area contributed by atoms with Crippen LogP contribution in [0.2, 0.25) is 0 Å². The molecule has 1 saturated heterocycles. The molecule has 0 radical (unpaired) electrons. The summed E-state index contributed by atoms with van der Waals surface area (Å²) >= 11 is 0. The fourth-order valence-electron chi connectivity index (χ4n) is 6.80. The number of aliphatic hydroxyl groups excluding tert-OH is 1. The summed E-state index contributed by atoms with van der Waals surface area (Å²) in [7, 11) is 0. The first-order valence-corrected chi connectivity index (χ1v) is 12.7. The smallest absolute Gasteiger partial charge is 0.235 e. The Morgan fingerprint density at radius 3 is 2.41 bits per heavy atom. The molecule has 188 valence electrons. The van der Waals surface area contributed by atoms with Crippen molar-refractivity contribution < 1.29 is 24.3 Å². The summed E-state index contributed by atoms with van der Waals surface area (Å²) < 4.78 is 0. The zero-order valence-corrected chi connectivity index (χ0v) is 21.5. The van der Waals surface area contributed by atoms with Crippen LogP contribution in [0.25, 0.3) is 0 Å². The maximum Gasteiger partial charge on any atom is 0.235 e. The Balaban J connectivity index is 2.26. The van der Waals surface area contributed by atoms with Gasteiger partial charge in [-0.1, -0.05) is 44.1 Å². The first kappa shape index (κ1) is 26.5. The van der Waals surface area contributed by atoms with Gasteiger partial charge in [0.25, 0.3) is 0 Å². The first-order chi connectivity index (χ1) is 15.9. The number of Topliss-reactive ketones (excluding diaryl/α,β-unsaturated/α-hetero) is 3. The van der Waals surface area contributed by atoms with Crippen LogP contribution in [-0.4, -0.2) is 41.0 Å². The van der Waals surface area contributed by atoms with E-state index in [9.17, 15) is 24.3 Å². The van der Waals surface area contributed by atoms with Gasteiger partial charge in [0.1, 0.15) is 17.0 Å². The molecule has 0 unspecified atom stereocenters. The van der Waals surface area contributed by atoms with Gasteiger partial charge in [0.2, 0.25) is 5.91 Å². The van der Waals surface area contributed by atoms with Gasteiger partial charge < -0.3 is 15.2 Å². The third-order valence-corrected chi connectivity index (χ3v) is 8.24. The highest BCUT2D eigenvalue weighted by molar-refractivity contribution is 6.11. The van der Waals surface area contributed by atoms with E-state index < -0.39 is 17.3 Å². The Morgan fingerprint density at radius 2 is 1.82 bits per heavy atom. The van der Waals surface area contributed by atoms with Gasteiger partial charge in [-0.2, -0.15) is 0 Å². The van der Waals surface area contributed by atoms with Crippen molar-refractivity contribution in [2.75, 3.05) is 6.61 Å². The SMILES string of the molecule is CC(=O)C[C@@H]1CC(=O)C[C@@H](CO)C/C(C)=C/[C@H]2C=C(C)[C@@H](C)[C@H]3[C@H](CC(C)C)NC(=O)[C@]32C1=O. The van der Waals surface area contributed by atoms with E-state index in [0.29, 0.717) is 12.3 Å². The molecule has 1 spiro atoms. The minimum Gasteiger partial charge on any atom is -0.396 e. The molecule has 6 heteroatoms. The zero-order valence-electron chi connectivity index (χ0n) is 21.5. The van der Waals surface area contributed by atoms with E-state index >= 15 is 0 Å². The lowest BCUT2D eigenvalue weighted by molar-refractivity contribution is -0.150. The van der Waals surface area contributed by atoms with Gasteiger partial charge in [-0.3, -0.25) is 14.4 Å². The summed E-state index contributed by atoms with van der Waals surface area (Å²) in [4.78, 5) is 53.5. The first-order valence-electron chi connectivity index (χ1n) is 12.7. The second kappa shape index (κ2) is 10.3. The van der Waals surface area contributed by atoms with Crippen molar-refractivity contribution in [2.24, 2.45) is 40.9 Å². The molecule has 0 aromatic heterocycles. The average molecular weight is 472 g/mol. The van der Waals surface area contributed by atoms with Gasteiger partial charge in [-0.15, -0.1) is 0 Å². The molecule has 3 aliphatic rings. The number of amides is 1. The Hall–Kier alpha value is -2.08. The molecule has 6 nitrogen and oxygen atoms in total. The zero-order chi connectivity index (χ0) is 25.4. The molecule has 7 atom stereocenters. The average Bonchev–Trinajstić information content (AvgIpc) is 3.01. The molecule has 2 aliphatic carbocycles. The molecular formula is C28H41NO5. The molecule has 1 amide bonds. The van der Waals surface area contributed by atoms with Crippen molar-refractivity contribution >= 4 is 23.3 Å². The van der Waals surface area contributed by atoms with E-state index in [1.807, 2.05) is 13.0 Å². The lowest BCUT2D eigenvalue weighted by Gasteiger charge is -2.46. The van der Waals surface area contributed by atoms with Crippen LogP contribution >= 0.6 is 0 Å². The highest BCUT2D eigenvalue weighted by atomic mass is 16.3. The van der Waals surface area contributed by atoms with Crippen LogP contribution in [-0.2, 0) is 19.2 Å². The van der Waals surface area contributed by atoms with Crippen molar-refractivity contribution in [1.29, 1.82) is 0 Å². The third kappa shape index (κ3) is 4.84. The number of carbonyl (C=O) groups is 4. The molecular weight excluding hydrogens is 430 g/mol. The summed E-state index contributed by atoms with van der Waals surface area (Å²) in [5.41, 5.74) is 0.783. The highest BCUT2D eigenvalue weighted by Crippen LogP contribution is 2.56. The number of ketones is 3. The van der Waals surface area contributed by atoms with Crippen molar-refractivity contribution in [2.45, 2.75) is 79.7 Å². The number of nitrogens with one attached hydrogen (secondary N) is 1. The van der Waals surface area contributed by atoms with Crippen molar-refractivity contribution in [3.05, 3.63) is 23.3 Å². The minimum atomic E-state index is -1.33. The van der Waals surface area contributed by atoms with Crippen LogP contribution in [0, 0.1) is 40.9 Å². The molecule has 0 bridgehead atoms. The Labute approximate surface area is 203 Å². The molecule has 1 aliphatic heterocycles. The van der Waals surface area contributed by atoms with Crippen LogP contribution in [0.5, 0.6) is 0 Å². The van der Waals surface area contributed by atoms with Gasteiger partial charge in [-0.25, -0.2) is 0 Å². The van der Waals surface area contributed by atoms with Gasteiger partial charge in [0, 0.05) is 49.7 Å². The van der Waals surface area contributed by atoms with Crippen molar-refractivity contribution in [3.63, 3.8) is 0 Å². The molecule has 1 fully saturated rings. The number of rotatable bonds is 5. The highest BCUT2D eigenvalue weighted by Gasteiger charge is 2.66. The maximum atomic E-state index is 14.5. The Bertz CT molecular complexity index is 916. The van der Waals surface area contributed by atoms with Crippen LogP contribution in [0.15, 0.2) is 23.3 Å². The molecule has 1 heterocycles. The molecule has 0 aromatic rings. The number of hydrogen-bond acceptors (Lipinski definition) is 5. The van der Waals surface area contributed by atoms with Crippen LogP contribution in [0.3, 0.4) is 0 Å². The van der Waals surface area contributed by atoms with Crippen LogP contribution < -0.4 is 5.32 Å². The monoisotopic (exact) mass is 471 g/mol. The summed E-state index contributed by atoms with van der Waals surface area (Å²) in [5, 5.41) is 13.1. The van der Waals surface area contributed by atoms with Gasteiger partial charge >= 0.3 is 0 Å². The van der Waals surface area contributed by atoms with Gasteiger partial charge in [0.15, 0.2) is 5.78 Å². The van der Waals surface area contributed by atoms with E-state index in [1.165, 1.54) is 6.92 Å². The molecule has 0 aromatic carbocycles. The third-order valence-electron chi connectivity index (χ3n) is 8.24. The predicted molar refractivity (Wildman–Crippen MR) is 131 cm³/mol. The Kier molecular flexibility index (Phi) is 8.01. The summed E-state index contributed by atoms with van der Waals surface area (Å²) in [6.07, 6.45) is 5.43.